The van der Waals surface area contributed by atoms with Crippen LogP contribution in [-0.2, 0) is 11.2 Å². The maximum absolute atomic E-state index is 13.2. The van der Waals surface area contributed by atoms with Gasteiger partial charge in [0, 0.05) is 6.42 Å². The number of hydrogen-bond donors (Lipinski definition) is 1. The van der Waals surface area contributed by atoms with Crippen molar-refractivity contribution in [3.05, 3.63) is 29.0 Å². The molecule has 0 spiro atoms. The van der Waals surface area contributed by atoms with E-state index in [1.165, 1.54) is 23.5 Å². The minimum Gasteiger partial charge on any atom is -0.481 e. The van der Waals surface area contributed by atoms with E-state index >= 15 is 0 Å². The molecule has 2 aromatic rings. The smallest absolute Gasteiger partial charge is 0.310 e. The molecule has 1 aromatic carbocycles. The van der Waals surface area contributed by atoms with Crippen molar-refractivity contribution in [2.45, 2.75) is 44.9 Å². The number of aliphatic carboxylic acids is 1. The molecule has 0 radical (unpaired) electrons. The van der Waals surface area contributed by atoms with Gasteiger partial charge in [-0.1, -0.05) is 25.7 Å². The number of benzene rings is 1. The summed E-state index contributed by atoms with van der Waals surface area (Å²) in [6.07, 6.45) is 6.04. The molecule has 3 nitrogen and oxygen atoms in total. The van der Waals surface area contributed by atoms with Gasteiger partial charge in [-0.15, -0.1) is 11.3 Å². The Hall–Kier alpha value is -1.49. The van der Waals surface area contributed by atoms with Gasteiger partial charge in [-0.25, -0.2) is 9.37 Å². The molecule has 1 saturated carbocycles. The largest absolute Gasteiger partial charge is 0.481 e. The fraction of sp³-hybridized carbons (Fsp3) is 0.500. The van der Waals surface area contributed by atoms with E-state index < -0.39 is 11.4 Å². The summed E-state index contributed by atoms with van der Waals surface area (Å²) in [5.74, 6) is -0.991. The number of halogens is 1. The zero-order valence-corrected chi connectivity index (χ0v) is 12.6. The molecule has 5 heteroatoms. The summed E-state index contributed by atoms with van der Waals surface area (Å²) >= 11 is 1.41. The number of carbonyl (C=O) groups is 1. The lowest BCUT2D eigenvalue weighted by Gasteiger charge is -2.26. The van der Waals surface area contributed by atoms with Crippen LogP contribution in [-0.4, -0.2) is 16.1 Å². The molecule has 0 aliphatic heterocycles. The van der Waals surface area contributed by atoms with Crippen molar-refractivity contribution in [1.82, 2.24) is 4.98 Å². The van der Waals surface area contributed by atoms with Crippen LogP contribution in [0.5, 0.6) is 0 Å². The van der Waals surface area contributed by atoms with Gasteiger partial charge in [-0.2, -0.15) is 0 Å². The van der Waals surface area contributed by atoms with Crippen molar-refractivity contribution < 1.29 is 14.3 Å². The maximum Gasteiger partial charge on any atom is 0.310 e. The third-order valence-corrected chi connectivity index (χ3v) is 5.42. The zero-order valence-electron chi connectivity index (χ0n) is 11.8. The average Bonchev–Trinajstić information content (AvgIpc) is 2.67. The van der Waals surface area contributed by atoms with Crippen LogP contribution in [0.4, 0.5) is 4.39 Å². The molecule has 21 heavy (non-hydrogen) atoms. The Morgan fingerprint density at radius 1 is 1.29 bits per heavy atom. The minimum absolute atomic E-state index is 0.278. The van der Waals surface area contributed by atoms with E-state index in [2.05, 4.69) is 4.98 Å². The number of aromatic nitrogens is 1. The third-order valence-electron chi connectivity index (χ3n) is 4.40. The van der Waals surface area contributed by atoms with E-state index in [1.807, 2.05) is 0 Å². The van der Waals surface area contributed by atoms with Crippen molar-refractivity contribution in [3.63, 3.8) is 0 Å². The Bertz CT molecular complexity index is 659. The van der Waals surface area contributed by atoms with E-state index in [4.69, 9.17) is 0 Å². The van der Waals surface area contributed by atoms with Crippen LogP contribution >= 0.6 is 11.3 Å². The molecule has 0 atom stereocenters. The van der Waals surface area contributed by atoms with Gasteiger partial charge in [-0.05, 0) is 31.0 Å². The van der Waals surface area contributed by atoms with Crippen LogP contribution in [0, 0.1) is 11.2 Å². The highest BCUT2D eigenvalue weighted by molar-refractivity contribution is 7.18. The van der Waals surface area contributed by atoms with Crippen LogP contribution in [0.25, 0.3) is 10.2 Å². The molecule has 0 amide bonds. The predicted octanol–water partition coefficient (Wildman–Crippen LogP) is 4.40. The summed E-state index contributed by atoms with van der Waals surface area (Å²) in [5.41, 5.74) is 0.0636. The number of nitrogens with zero attached hydrogens (tertiary/aromatic N) is 1. The van der Waals surface area contributed by atoms with Gasteiger partial charge >= 0.3 is 5.97 Å². The normalized spacial score (nSPS) is 18.5. The standard InChI is InChI=1S/C16H18FNO2S/c17-11-5-6-12-13(9-11)21-14(18-12)10-16(15(19)20)7-3-1-2-4-8-16/h5-6,9H,1-4,7-8,10H2,(H,19,20). The summed E-state index contributed by atoms with van der Waals surface area (Å²) in [7, 11) is 0. The lowest BCUT2D eigenvalue weighted by molar-refractivity contribution is -0.149. The van der Waals surface area contributed by atoms with Gasteiger partial charge in [0.1, 0.15) is 5.82 Å². The first kappa shape index (κ1) is 14.4. The van der Waals surface area contributed by atoms with Crippen LogP contribution in [0.1, 0.15) is 43.5 Å². The summed E-state index contributed by atoms with van der Waals surface area (Å²) in [5, 5.41) is 10.5. The van der Waals surface area contributed by atoms with Crippen molar-refractivity contribution in [3.8, 4) is 0 Å². The molecular weight excluding hydrogens is 289 g/mol. The zero-order chi connectivity index (χ0) is 14.9. The monoisotopic (exact) mass is 307 g/mol. The SMILES string of the molecule is O=C(O)C1(Cc2nc3ccc(F)cc3s2)CCCCCC1. The second-order valence-electron chi connectivity index (χ2n) is 5.90. The molecule has 3 rings (SSSR count). The third kappa shape index (κ3) is 2.93. The van der Waals surface area contributed by atoms with Crippen molar-refractivity contribution >= 4 is 27.5 Å². The van der Waals surface area contributed by atoms with Gasteiger partial charge < -0.3 is 5.11 Å². The van der Waals surface area contributed by atoms with Crippen LogP contribution < -0.4 is 0 Å². The molecule has 1 aromatic heterocycles. The molecule has 0 saturated heterocycles. The van der Waals surface area contributed by atoms with Gasteiger partial charge in [0.25, 0.3) is 0 Å². The van der Waals surface area contributed by atoms with E-state index in [9.17, 15) is 14.3 Å². The Kier molecular flexibility index (Phi) is 3.93. The van der Waals surface area contributed by atoms with Crippen molar-refractivity contribution in [2.24, 2.45) is 5.41 Å². The fourth-order valence-electron chi connectivity index (χ4n) is 3.18. The van der Waals surface area contributed by atoms with Gasteiger partial charge in [-0.3, -0.25) is 4.79 Å². The molecule has 112 valence electrons. The highest BCUT2D eigenvalue weighted by Gasteiger charge is 2.39. The van der Waals surface area contributed by atoms with Crippen LogP contribution in [0.3, 0.4) is 0 Å². The summed E-state index contributed by atoms with van der Waals surface area (Å²) in [6.45, 7) is 0. The first-order valence-corrected chi connectivity index (χ1v) is 8.19. The lowest BCUT2D eigenvalue weighted by atomic mass is 9.78. The molecule has 1 fully saturated rings. The second kappa shape index (κ2) is 5.72. The van der Waals surface area contributed by atoms with Gasteiger partial charge in [0.15, 0.2) is 0 Å². The topological polar surface area (TPSA) is 50.2 Å². The highest BCUT2D eigenvalue weighted by Crippen LogP contribution is 2.40. The number of hydrogen-bond acceptors (Lipinski definition) is 3. The van der Waals surface area contributed by atoms with E-state index in [-0.39, 0.29) is 5.82 Å². The van der Waals surface area contributed by atoms with Gasteiger partial charge in [0.05, 0.1) is 20.6 Å². The molecule has 1 aliphatic carbocycles. The van der Waals surface area contributed by atoms with Crippen molar-refractivity contribution in [1.29, 1.82) is 0 Å². The molecular formula is C16H18FNO2S. The molecule has 1 N–H and O–H groups in total. The predicted molar refractivity (Wildman–Crippen MR) is 81.1 cm³/mol. The Labute approximate surface area is 126 Å². The first-order chi connectivity index (χ1) is 10.1. The summed E-state index contributed by atoms with van der Waals surface area (Å²) in [6, 6.07) is 4.52. The number of rotatable bonds is 3. The lowest BCUT2D eigenvalue weighted by Crippen LogP contribution is -2.32. The Morgan fingerprint density at radius 3 is 2.67 bits per heavy atom. The summed E-state index contributed by atoms with van der Waals surface area (Å²) < 4.78 is 14.0. The van der Waals surface area contributed by atoms with Gasteiger partial charge in [0.2, 0.25) is 0 Å². The number of carboxylic acid groups (broad SMARTS) is 1. The van der Waals surface area contributed by atoms with E-state index in [1.54, 1.807) is 6.07 Å². The molecule has 1 aliphatic rings. The number of fused-ring (bicyclic) bond motifs is 1. The molecule has 0 bridgehead atoms. The number of thiazole rings is 1. The molecule has 0 unspecified atom stereocenters. The minimum atomic E-state index is -0.713. The Balaban J connectivity index is 1.91. The highest BCUT2D eigenvalue weighted by atomic mass is 32.1. The molecule has 1 heterocycles. The van der Waals surface area contributed by atoms with E-state index in [0.29, 0.717) is 19.3 Å². The number of carboxylic acids is 1. The van der Waals surface area contributed by atoms with E-state index in [0.717, 1.165) is 40.9 Å². The first-order valence-electron chi connectivity index (χ1n) is 7.37. The van der Waals surface area contributed by atoms with Crippen LogP contribution in [0.15, 0.2) is 18.2 Å². The quantitative estimate of drug-likeness (QED) is 0.855. The fourth-order valence-corrected chi connectivity index (χ4v) is 4.32. The van der Waals surface area contributed by atoms with Crippen LogP contribution in [0.2, 0.25) is 0 Å². The maximum atomic E-state index is 13.2. The van der Waals surface area contributed by atoms with Crippen molar-refractivity contribution in [2.75, 3.05) is 0 Å². The summed E-state index contributed by atoms with van der Waals surface area (Å²) in [4.78, 5) is 16.3. The second-order valence-corrected chi connectivity index (χ2v) is 7.01. The average molecular weight is 307 g/mol. The Morgan fingerprint density at radius 2 is 2.00 bits per heavy atom.